The number of aromatic amines is 1. The SMILES string of the molecule is COc1cc2cc(C(=O)N[C@H]3CCNC3)[nH]c2cc1OC. The minimum Gasteiger partial charge on any atom is -0.493 e. The van der Waals surface area contributed by atoms with Gasteiger partial charge in [0.05, 0.1) is 14.2 Å². The largest absolute Gasteiger partial charge is 0.493 e. The van der Waals surface area contributed by atoms with Crippen molar-refractivity contribution in [3.05, 3.63) is 23.9 Å². The molecule has 1 aliphatic rings. The number of carbonyl (C=O) groups is 1. The zero-order valence-electron chi connectivity index (χ0n) is 12.2. The van der Waals surface area contributed by atoms with Crippen LogP contribution in [0.1, 0.15) is 16.9 Å². The van der Waals surface area contributed by atoms with Gasteiger partial charge in [-0.2, -0.15) is 0 Å². The van der Waals surface area contributed by atoms with Crippen LogP contribution in [0.15, 0.2) is 18.2 Å². The number of amides is 1. The molecule has 3 rings (SSSR count). The Balaban J connectivity index is 1.87. The molecule has 6 nitrogen and oxygen atoms in total. The van der Waals surface area contributed by atoms with Gasteiger partial charge >= 0.3 is 0 Å². The van der Waals surface area contributed by atoms with Crippen LogP contribution in [-0.4, -0.2) is 44.2 Å². The number of rotatable bonds is 4. The van der Waals surface area contributed by atoms with E-state index in [9.17, 15) is 4.79 Å². The fraction of sp³-hybridized carbons (Fsp3) is 0.400. The summed E-state index contributed by atoms with van der Waals surface area (Å²) in [7, 11) is 3.18. The highest BCUT2D eigenvalue weighted by molar-refractivity contribution is 5.98. The van der Waals surface area contributed by atoms with Crippen molar-refractivity contribution in [3.63, 3.8) is 0 Å². The maximum absolute atomic E-state index is 12.2. The molecule has 1 aromatic carbocycles. The fourth-order valence-electron chi connectivity index (χ4n) is 2.62. The molecule has 0 radical (unpaired) electrons. The fourth-order valence-corrected chi connectivity index (χ4v) is 2.62. The number of fused-ring (bicyclic) bond motifs is 1. The van der Waals surface area contributed by atoms with Gasteiger partial charge in [0.1, 0.15) is 5.69 Å². The lowest BCUT2D eigenvalue weighted by molar-refractivity contribution is 0.0936. The second-order valence-electron chi connectivity index (χ2n) is 5.14. The molecule has 1 aromatic heterocycles. The van der Waals surface area contributed by atoms with Crippen molar-refractivity contribution in [1.82, 2.24) is 15.6 Å². The highest BCUT2D eigenvalue weighted by Gasteiger charge is 2.19. The molecule has 0 saturated carbocycles. The van der Waals surface area contributed by atoms with Crippen LogP contribution in [0.3, 0.4) is 0 Å². The summed E-state index contributed by atoms with van der Waals surface area (Å²) in [5.74, 6) is 1.20. The maximum Gasteiger partial charge on any atom is 0.267 e. The van der Waals surface area contributed by atoms with Crippen molar-refractivity contribution in [1.29, 1.82) is 0 Å². The molecule has 1 saturated heterocycles. The Morgan fingerprint density at radius 1 is 1.24 bits per heavy atom. The summed E-state index contributed by atoms with van der Waals surface area (Å²) >= 11 is 0. The molecule has 112 valence electrons. The minimum absolute atomic E-state index is 0.0853. The van der Waals surface area contributed by atoms with Gasteiger partial charge in [-0.1, -0.05) is 0 Å². The van der Waals surface area contributed by atoms with Crippen LogP contribution in [0.25, 0.3) is 10.9 Å². The van der Waals surface area contributed by atoms with Crippen LogP contribution >= 0.6 is 0 Å². The number of ether oxygens (including phenoxy) is 2. The molecule has 1 fully saturated rings. The van der Waals surface area contributed by atoms with Crippen molar-refractivity contribution in [3.8, 4) is 11.5 Å². The summed E-state index contributed by atoms with van der Waals surface area (Å²) < 4.78 is 10.5. The van der Waals surface area contributed by atoms with Gasteiger partial charge in [0, 0.05) is 29.6 Å². The van der Waals surface area contributed by atoms with Crippen molar-refractivity contribution in [2.45, 2.75) is 12.5 Å². The van der Waals surface area contributed by atoms with Gasteiger partial charge in [0.15, 0.2) is 11.5 Å². The lowest BCUT2D eigenvalue weighted by Crippen LogP contribution is -2.36. The van der Waals surface area contributed by atoms with Gasteiger partial charge in [-0.05, 0) is 25.1 Å². The summed E-state index contributed by atoms with van der Waals surface area (Å²) in [5, 5.41) is 7.16. The van der Waals surface area contributed by atoms with E-state index in [1.807, 2.05) is 18.2 Å². The van der Waals surface area contributed by atoms with Gasteiger partial charge in [0.2, 0.25) is 0 Å². The molecule has 0 bridgehead atoms. The van der Waals surface area contributed by atoms with E-state index < -0.39 is 0 Å². The molecule has 0 spiro atoms. The first-order valence-corrected chi connectivity index (χ1v) is 6.97. The topological polar surface area (TPSA) is 75.4 Å². The molecule has 0 aliphatic carbocycles. The average Bonchev–Trinajstić information content (AvgIpc) is 3.13. The Hall–Kier alpha value is -2.21. The quantitative estimate of drug-likeness (QED) is 0.792. The van der Waals surface area contributed by atoms with E-state index in [0.717, 1.165) is 30.4 Å². The summed E-state index contributed by atoms with van der Waals surface area (Å²) in [5.41, 5.74) is 1.40. The Labute approximate surface area is 122 Å². The molecule has 1 aliphatic heterocycles. The summed E-state index contributed by atoms with van der Waals surface area (Å²) in [4.78, 5) is 15.4. The van der Waals surface area contributed by atoms with Gasteiger partial charge < -0.3 is 25.1 Å². The van der Waals surface area contributed by atoms with Crippen LogP contribution < -0.4 is 20.1 Å². The molecule has 6 heteroatoms. The number of hydrogen-bond donors (Lipinski definition) is 3. The number of benzene rings is 1. The number of nitrogens with one attached hydrogen (secondary N) is 3. The van der Waals surface area contributed by atoms with E-state index in [-0.39, 0.29) is 11.9 Å². The Kier molecular flexibility index (Phi) is 3.70. The first-order chi connectivity index (χ1) is 10.2. The van der Waals surface area contributed by atoms with E-state index in [4.69, 9.17) is 9.47 Å². The zero-order chi connectivity index (χ0) is 14.8. The lowest BCUT2D eigenvalue weighted by Gasteiger charge is -2.09. The Morgan fingerprint density at radius 3 is 2.67 bits per heavy atom. The van der Waals surface area contributed by atoms with Crippen LogP contribution in [0.2, 0.25) is 0 Å². The van der Waals surface area contributed by atoms with Crippen molar-refractivity contribution >= 4 is 16.8 Å². The minimum atomic E-state index is -0.0853. The van der Waals surface area contributed by atoms with Gasteiger partial charge in [-0.15, -0.1) is 0 Å². The van der Waals surface area contributed by atoms with Crippen molar-refractivity contribution in [2.75, 3.05) is 27.3 Å². The summed E-state index contributed by atoms with van der Waals surface area (Å²) in [6.45, 7) is 1.78. The standard InChI is InChI=1S/C15H19N3O3/c1-20-13-6-9-5-12(18-11(9)7-14(13)21-2)15(19)17-10-3-4-16-8-10/h5-7,10,16,18H,3-4,8H2,1-2H3,(H,17,19)/t10-/m0/s1. The number of hydrogen-bond acceptors (Lipinski definition) is 4. The third-order valence-corrected chi connectivity index (χ3v) is 3.77. The van der Waals surface area contributed by atoms with Crippen LogP contribution in [0.4, 0.5) is 0 Å². The number of aromatic nitrogens is 1. The molecule has 2 aromatic rings. The molecule has 21 heavy (non-hydrogen) atoms. The molecular weight excluding hydrogens is 270 g/mol. The molecule has 0 unspecified atom stereocenters. The van der Waals surface area contributed by atoms with Gasteiger partial charge in [0.25, 0.3) is 5.91 Å². The third kappa shape index (κ3) is 2.67. The Bertz CT molecular complexity index is 618. The highest BCUT2D eigenvalue weighted by atomic mass is 16.5. The number of carbonyl (C=O) groups excluding carboxylic acids is 1. The van der Waals surface area contributed by atoms with E-state index >= 15 is 0 Å². The molecule has 3 N–H and O–H groups in total. The molecule has 1 amide bonds. The summed E-state index contributed by atoms with van der Waals surface area (Å²) in [6.07, 6.45) is 0.966. The monoisotopic (exact) mass is 289 g/mol. The van der Waals surface area contributed by atoms with Crippen LogP contribution in [-0.2, 0) is 0 Å². The van der Waals surface area contributed by atoms with E-state index in [0.29, 0.717) is 17.2 Å². The van der Waals surface area contributed by atoms with E-state index in [1.165, 1.54) is 0 Å². The second-order valence-corrected chi connectivity index (χ2v) is 5.14. The van der Waals surface area contributed by atoms with Gasteiger partial charge in [-0.25, -0.2) is 0 Å². The summed E-state index contributed by atoms with van der Waals surface area (Å²) in [6, 6.07) is 5.73. The zero-order valence-corrected chi connectivity index (χ0v) is 12.2. The number of methoxy groups -OCH3 is 2. The lowest BCUT2D eigenvalue weighted by atomic mass is 10.2. The van der Waals surface area contributed by atoms with Crippen molar-refractivity contribution in [2.24, 2.45) is 0 Å². The van der Waals surface area contributed by atoms with Crippen molar-refractivity contribution < 1.29 is 14.3 Å². The molecule has 1 atom stereocenters. The first-order valence-electron chi connectivity index (χ1n) is 6.97. The van der Waals surface area contributed by atoms with Gasteiger partial charge in [-0.3, -0.25) is 4.79 Å². The average molecular weight is 289 g/mol. The molecular formula is C15H19N3O3. The predicted octanol–water partition coefficient (Wildman–Crippen LogP) is 1.28. The first kappa shape index (κ1) is 13.8. The predicted molar refractivity (Wildman–Crippen MR) is 80.1 cm³/mol. The van der Waals surface area contributed by atoms with E-state index in [1.54, 1.807) is 14.2 Å². The van der Waals surface area contributed by atoms with E-state index in [2.05, 4.69) is 15.6 Å². The maximum atomic E-state index is 12.2. The molecule has 2 heterocycles. The normalized spacial score (nSPS) is 17.9. The van der Waals surface area contributed by atoms with Crippen LogP contribution in [0.5, 0.6) is 11.5 Å². The second kappa shape index (κ2) is 5.65. The van der Waals surface area contributed by atoms with Crippen LogP contribution in [0, 0.1) is 0 Å². The number of H-pyrrole nitrogens is 1. The third-order valence-electron chi connectivity index (χ3n) is 3.77. The smallest absolute Gasteiger partial charge is 0.267 e. The Morgan fingerprint density at radius 2 is 2.00 bits per heavy atom. The highest BCUT2D eigenvalue weighted by Crippen LogP contribution is 2.32.